The topological polar surface area (TPSA) is 64.6 Å². The average Bonchev–Trinajstić information content (AvgIpc) is 3.33. The van der Waals surface area contributed by atoms with E-state index < -0.39 is 0 Å². The fraction of sp³-hybridized carbons (Fsp3) is 0.588. The fourth-order valence-electron chi connectivity index (χ4n) is 2.84. The van der Waals surface area contributed by atoms with Gasteiger partial charge < -0.3 is 15.7 Å². The summed E-state index contributed by atoms with van der Waals surface area (Å²) in [6.07, 6.45) is 3.77. The van der Waals surface area contributed by atoms with E-state index >= 15 is 0 Å². The molecule has 1 aromatic rings. The van der Waals surface area contributed by atoms with E-state index in [2.05, 4.69) is 27.7 Å². The first-order chi connectivity index (χ1) is 10.7. The molecule has 2 fully saturated rings. The lowest BCUT2D eigenvalue weighted by Crippen LogP contribution is -2.37. The quantitative estimate of drug-likeness (QED) is 0.774. The zero-order valence-corrected chi connectivity index (χ0v) is 12.9. The minimum absolute atomic E-state index is 0.0709. The van der Waals surface area contributed by atoms with Crippen molar-refractivity contribution in [3.63, 3.8) is 0 Å². The summed E-state index contributed by atoms with van der Waals surface area (Å²) in [5, 5.41) is 15.5. The number of aliphatic hydroxyl groups is 1. The zero-order chi connectivity index (χ0) is 15.4. The second-order valence-corrected chi connectivity index (χ2v) is 6.38. The molecule has 1 aliphatic heterocycles. The first-order valence-electron chi connectivity index (χ1n) is 8.22. The number of rotatable bonds is 5. The van der Waals surface area contributed by atoms with Crippen LogP contribution in [0.1, 0.15) is 36.8 Å². The van der Waals surface area contributed by atoms with Gasteiger partial charge >= 0.3 is 6.03 Å². The van der Waals surface area contributed by atoms with Crippen molar-refractivity contribution in [2.45, 2.75) is 50.9 Å². The molecule has 0 unspecified atom stereocenters. The maximum absolute atomic E-state index is 11.7. The molecule has 1 aromatic carbocycles. The Morgan fingerprint density at radius 3 is 2.50 bits per heavy atom. The number of nitrogens with zero attached hydrogens (tertiary/aromatic N) is 1. The number of amides is 2. The normalized spacial score (nSPS) is 19.9. The largest absolute Gasteiger partial charge is 0.393 e. The molecule has 0 aromatic heterocycles. The first-order valence-corrected chi connectivity index (χ1v) is 8.22. The minimum atomic E-state index is -0.140. The van der Waals surface area contributed by atoms with Crippen LogP contribution in [0.5, 0.6) is 0 Å². The Bertz CT molecular complexity index is 508. The van der Waals surface area contributed by atoms with Gasteiger partial charge in [-0.25, -0.2) is 4.79 Å². The number of nitrogens with one attached hydrogen (secondary N) is 2. The van der Waals surface area contributed by atoms with Crippen molar-refractivity contribution in [2.24, 2.45) is 0 Å². The first kappa shape index (κ1) is 15.3. The molecule has 1 saturated carbocycles. The SMILES string of the molecule is O=C(NCc1ccccc1CN1CCC(O)CC1)NC1CC1. The Balaban J connectivity index is 1.53. The summed E-state index contributed by atoms with van der Waals surface area (Å²) < 4.78 is 0. The monoisotopic (exact) mass is 303 g/mol. The molecule has 22 heavy (non-hydrogen) atoms. The molecule has 0 radical (unpaired) electrons. The maximum Gasteiger partial charge on any atom is 0.315 e. The lowest BCUT2D eigenvalue weighted by Gasteiger charge is -2.30. The molecule has 3 N–H and O–H groups in total. The number of carbonyl (C=O) groups is 1. The zero-order valence-electron chi connectivity index (χ0n) is 12.9. The highest BCUT2D eigenvalue weighted by Crippen LogP contribution is 2.19. The summed E-state index contributed by atoms with van der Waals surface area (Å²) >= 11 is 0. The summed E-state index contributed by atoms with van der Waals surface area (Å²) in [5.41, 5.74) is 2.42. The van der Waals surface area contributed by atoms with Gasteiger partial charge in [-0.3, -0.25) is 4.90 Å². The minimum Gasteiger partial charge on any atom is -0.393 e. The van der Waals surface area contributed by atoms with Crippen LogP contribution in [-0.4, -0.2) is 41.3 Å². The van der Waals surface area contributed by atoms with Gasteiger partial charge in [-0.05, 0) is 36.8 Å². The van der Waals surface area contributed by atoms with Gasteiger partial charge in [0.15, 0.2) is 0 Å². The van der Waals surface area contributed by atoms with Crippen molar-refractivity contribution in [2.75, 3.05) is 13.1 Å². The van der Waals surface area contributed by atoms with Gasteiger partial charge in [0.1, 0.15) is 0 Å². The second-order valence-electron chi connectivity index (χ2n) is 6.38. The molecule has 2 aliphatic rings. The van der Waals surface area contributed by atoms with Gasteiger partial charge in [0.05, 0.1) is 6.10 Å². The van der Waals surface area contributed by atoms with Crippen LogP contribution in [0.4, 0.5) is 4.79 Å². The fourth-order valence-corrected chi connectivity index (χ4v) is 2.84. The summed E-state index contributed by atoms with van der Waals surface area (Å²) in [6, 6.07) is 8.57. The van der Waals surface area contributed by atoms with Crippen LogP contribution in [0.25, 0.3) is 0 Å². The Kier molecular flexibility index (Phi) is 4.95. The number of urea groups is 1. The highest BCUT2D eigenvalue weighted by atomic mass is 16.3. The molecule has 1 saturated heterocycles. The number of hydrogen-bond acceptors (Lipinski definition) is 3. The molecule has 3 rings (SSSR count). The number of carbonyl (C=O) groups excluding carboxylic acids is 1. The summed E-state index contributed by atoms with van der Waals surface area (Å²) in [4.78, 5) is 14.1. The number of hydrogen-bond donors (Lipinski definition) is 3. The van der Waals surface area contributed by atoms with Crippen LogP contribution in [0, 0.1) is 0 Å². The maximum atomic E-state index is 11.7. The molecule has 1 aliphatic carbocycles. The lowest BCUT2D eigenvalue weighted by molar-refractivity contribution is 0.0791. The van der Waals surface area contributed by atoms with E-state index in [1.165, 1.54) is 11.1 Å². The van der Waals surface area contributed by atoms with Gasteiger partial charge in [0, 0.05) is 32.2 Å². The van der Waals surface area contributed by atoms with Gasteiger partial charge in [-0.1, -0.05) is 24.3 Å². The van der Waals surface area contributed by atoms with Crippen LogP contribution in [0.2, 0.25) is 0 Å². The molecule has 0 bridgehead atoms. The van der Waals surface area contributed by atoms with Crippen LogP contribution in [0.15, 0.2) is 24.3 Å². The van der Waals surface area contributed by atoms with Crippen LogP contribution in [0.3, 0.4) is 0 Å². The van der Waals surface area contributed by atoms with Crippen molar-refractivity contribution < 1.29 is 9.90 Å². The molecule has 0 atom stereocenters. The van der Waals surface area contributed by atoms with Crippen molar-refractivity contribution >= 4 is 6.03 Å². The molecular weight excluding hydrogens is 278 g/mol. The molecule has 5 heteroatoms. The van der Waals surface area contributed by atoms with Crippen molar-refractivity contribution in [3.8, 4) is 0 Å². The van der Waals surface area contributed by atoms with E-state index in [1.54, 1.807) is 0 Å². The third-order valence-corrected chi connectivity index (χ3v) is 4.42. The van der Waals surface area contributed by atoms with E-state index in [1.807, 2.05) is 12.1 Å². The highest BCUT2D eigenvalue weighted by molar-refractivity contribution is 5.74. The van der Waals surface area contributed by atoms with Gasteiger partial charge in [0.2, 0.25) is 0 Å². The Labute approximate surface area is 131 Å². The predicted octanol–water partition coefficient (Wildman–Crippen LogP) is 1.60. The van der Waals surface area contributed by atoms with E-state index in [0.29, 0.717) is 12.6 Å². The molecule has 120 valence electrons. The Hall–Kier alpha value is -1.59. The average molecular weight is 303 g/mol. The number of piperidine rings is 1. The van der Waals surface area contributed by atoms with Gasteiger partial charge in [0.25, 0.3) is 0 Å². The Morgan fingerprint density at radius 2 is 1.82 bits per heavy atom. The van der Waals surface area contributed by atoms with Gasteiger partial charge in [-0.2, -0.15) is 0 Å². The standard InChI is InChI=1S/C17H25N3O2/c21-16-7-9-20(10-8-16)12-14-4-2-1-3-13(14)11-18-17(22)19-15-5-6-15/h1-4,15-16,21H,5-12H2,(H2,18,19,22). The number of likely N-dealkylation sites (tertiary alicyclic amines) is 1. The van der Waals surface area contributed by atoms with Crippen molar-refractivity contribution in [1.29, 1.82) is 0 Å². The smallest absolute Gasteiger partial charge is 0.315 e. The molecule has 5 nitrogen and oxygen atoms in total. The van der Waals surface area contributed by atoms with E-state index in [4.69, 9.17) is 0 Å². The van der Waals surface area contributed by atoms with E-state index in [9.17, 15) is 9.90 Å². The molecule has 0 spiro atoms. The van der Waals surface area contributed by atoms with Crippen LogP contribution >= 0.6 is 0 Å². The molecule has 2 amide bonds. The van der Waals surface area contributed by atoms with Crippen molar-refractivity contribution in [1.82, 2.24) is 15.5 Å². The second kappa shape index (κ2) is 7.11. The summed E-state index contributed by atoms with van der Waals surface area (Å²) in [5.74, 6) is 0. The molecule has 1 heterocycles. The number of aliphatic hydroxyl groups excluding tert-OH is 1. The molecular formula is C17H25N3O2. The van der Waals surface area contributed by atoms with Crippen molar-refractivity contribution in [3.05, 3.63) is 35.4 Å². The van der Waals surface area contributed by atoms with E-state index in [0.717, 1.165) is 45.3 Å². The van der Waals surface area contributed by atoms with Crippen LogP contribution in [-0.2, 0) is 13.1 Å². The summed E-state index contributed by atoms with van der Waals surface area (Å²) in [7, 11) is 0. The Morgan fingerprint density at radius 1 is 1.14 bits per heavy atom. The summed E-state index contributed by atoms with van der Waals surface area (Å²) in [6.45, 7) is 3.32. The highest BCUT2D eigenvalue weighted by Gasteiger charge is 2.23. The van der Waals surface area contributed by atoms with Gasteiger partial charge in [-0.15, -0.1) is 0 Å². The lowest BCUT2D eigenvalue weighted by atomic mass is 10.0. The van der Waals surface area contributed by atoms with Crippen LogP contribution < -0.4 is 10.6 Å². The number of benzene rings is 1. The predicted molar refractivity (Wildman–Crippen MR) is 85.4 cm³/mol. The third-order valence-electron chi connectivity index (χ3n) is 4.42. The third kappa shape index (κ3) is 4.45. The van der Waals surface area contributed by atoms with E-state index in [-0.39, 0.29) is 12.1 Å².